The van der Waals surface area contributed by atoms with E-state index >= 15 is 0 Å². The molecule has 0 spiro atoms. The summed E-state index contributed by atoms with van der Waals surface area (Å²) in [5.41, 5.74) is 1.35. The Morgan fingerprint density at radius 1 is 1.38 bits per heavy atom. The summed E-state index contributed by atoms with van der Waals surface area (Å²) >= 11 is 7.17. The number of halogens is 1. The maximum absolute atomic E-state index is 3.57. The maximum atomic E-state index is 3.57. The van der Waals surface area contributed by atoms with Crippen LogP contribution in [0, 0.1) is 6.92 Å². The Balaban J connectivity index is 2.73. The van der Waals surface area contributed by atoms with Crippen LogP contribution in [-0.2, 0) is 0 Å². The number of thioether (sulfide) groups is 1. The summed E-state index contributed by atoms with van der Waals surface area (Å²) in [4.78, 5) is 1.33. The molecule has 0 bridgehead atoms. The van der Waals surface area contributed by atoms with Gasteiger partial charge in [-0.15, -0.1) is 23.1 Å². The molecule has 0 atom stereocenters. The Kier molecular flexibility index (Phi) is 2.67. The first-order valence-electron chi connectivity index (χ1n) is 3.95. The van der Waals surface area contributed by atoms with Crippen LogP contribution in [0.15, 0.2) is 26.9 Å². The zero-order chi connectivity index (χ0) is 9.42. The molecule has 2 rings (SSSR count). The molecule has 0 radical (unpaired) electrons. The molecule has 0 saturated heterocycles. The van der Waals surface area contributed by atoms with Crippen LogP contribution in [0.1, 0.15) is 5.56 Å². The van der Waals surface area contributed by atoms with Crippen LogP contribution in [-0.4, -0.2) is 6.26 Å². The van der Waals surface area contributed by atoms with E-state index in [-0.39, 0.29) is 0 Å². The Hall–Kier alpha value is 0.01000. The van der Waals surface area contributed by atoms with E-state index in [2.05, 4.69) is 47.3 Å². The number of benzene rings is 1. The summed E-state index contributed by atoms with van der Waals surface area (Å²) in [5, 5.41) is 1.37. The van der Waals surface area contributed by atoms with Crippen molar-refractivity contribution < 1.29 is 0 Å². The summed E-state index contributed by atoms with van der Waals surface area (Å²) in [6, 6.07) is 6.64. The monoisotopic (exact) mass is 272 g/mol. The van der Waals surface area contributed by atoms with E-state index in [0.717, 1.165) is 0 Å². The number of rotatable bonds is 1. The molecule has 68 valence electrons. The molecule has 0 aliphatic heterocycles. The normalized spacial score (nSPS) is 11.0. The smallest absolute Gasteiger partial charge is 0.0740 e. The number of hydrogen-bond acceptors (Lipinski definition) is 2. The zero-order valence-corrected chi connectivity index (χ0v) is 10.6. The van der Waals surface area contributed by atoms with Crippen LogP contribution in [0.4, 0.5) is 0 Å². The van der Waals surface area contributed by atoms with Gasteiger partial charge in [0.15, 0.2) is 0 Å². The van der Waals surface area contributed by atoms with Gasteiger partial charge in [-0.1, -0.05) is 6.07 Å². The highest BCUT2D eigenvalue weighted by Gasteiger charge is 2.05. The fourth-order valence-corrected chi connectivity index (χ4v) is 3.53. The lowest BCUT2D eigenvalue weighted by Crippen LogP contribution is -1.70. The van der Waals surface area contributed by atoms with Gasteiger partial charge >= 0.3 is 0 Å². The van der Waals surface area contributed by atoms with Gasteiger partial charge in [0.2, 0.25) is 0 Å². The van der Waals surface area contributed by atoms with Crippen molar-refractivity contribution in [3.05, 3.63) is 27.5 Å². The van der Waals surface area contributed by atoms with Gasteiger partial charge in [-0.2, -0.15) is 0 Å². The van der Waals surface area contributed by atoms with Crippen LogP contribution in [0.3, 0.4) is 0 Å². The standard InChI is InChI=1S/C10H9BrS2/c1-6-8-4-3-7(12-2)5-9(8)13-10(6)11/h3-5H,1-2H3. The first-order valence-corrected chi connectivity index (χ1v) is 6.78. The Morgan fingerprint density at radius 2 is 2.15 bits per heavy atom. The lowest BCUT2D eigenvalue weighted by molar-refractivity contribution is 1.51. The fraction of sp³-hybridized carbons (Fsp3) is 0.200. The summed E-state index contributed by atoms with van der Waals surface area (Å²) in [7, 11) is 0. The third-order valence-electron chi connectivity index (χ3n) is 2.09. The van der Waals surface area contributed by atoms with E-state index in [4.69, 9.17) is 0 Å². The molecule has 0 unspecified atom stereocenters. The summed E-state index contributed by atoms with van der Waals surface area (Å²) in [6.45, 7) is 2.15. The first-order chi connectivity index (χ1) is 6.22. The quantitative estimate of drug-likeness (QED) is 0.679. The maximum Gasteiger partial charge on any atom is 0.0740 e. The zero-order valence-electron chi connectivity index (χ0n) is 7.43. The minimum Gasteiger partial charge on any atom is -0.130 e. The van der Waals surface area contributed by atoms with Gasteiger partial charge in [0.25, 0.3) is 0 Å². The number of fused-ring (bicyclic) bond motifs is 1. The molecule has 0 aliphatic rings. The number of aryl methyl sites for hydroxylation is 1. The first kappa shape index (κ1) is 9.56. The molecule has 0 aliphatic carbocycles. The Labute approximate surface area is 94.5 Å². The van der Waals surface area contributed by atoms with Crippen molar-refractivity contribution in [2.45, 2.75) is 11.8 Å². The van der Waals surface area contributed by atoms with Crippen LogP contribution in [0.2, 0.25) is 0 Å². The van der Waals surface area contributed by atoms with E-state index in [1.165, 1.54) is 24.3 Å². The fourth-order valence-electron chi connectivity index (χ4n) is 1.30. The van der Waals surface area contributed by atoms with E-state index in [1.54, 1.807) is 11.8 Å². The van der Waals surface area contributed by atoms with Crippen molar-refractivity contribution in [2.75, 3.05) is 6.26 Å². The molecule has 2 aromatic rings. The predicted molar refractivity (Wildman–Crippen MR) is 66.0 cm³/mol. The second-order valence-electron chi connectivity index (χ2n) is 2.86. The Morgan fingerprint density at radius 3 is 2.85 bits per heavy atom. The van der Waals surface area contributed by atoms with Crippen LogP contribution in [0.5, 0.6) is 0 Å². The average Bonchev–Trinajstić information content (AvgIpc) is 2.42. The molecular formula is C10H9BrS2. The van der Waals surface area contributed by atoms with Gasteiger partial charge in [0, 0.05) is 9.60 Å². The molecule has 3 heteroatoms. The second kappa shape index (κ2) is 3.64. The molecule has 1 aromatic carbocycles. The average molecular weight is 273 g/mol. The summed E-state index contributed by atoms with van der Waals surface area (Å²) < 4.78 is 2.62. The minimum atomic E-state index is 1.25. The number of thiophene rings is 1. The van der Waals surface area contributed by atoms with Crippen molar-refractivity contribution in [1.82, 2.24) is 0 Å². The largest absolute Gasteiger partial charge is 0.130 e. The van der Waals surface area contributed by atoms with E-state index in [9.17, 15) is 0 Å². The van der Waals surface area contributed by atoms with Gasteiger partial charge in [0.05, 0.1) is 3.79 Å². The van der Waals surface area contributed by atoms with Crippen molar-refractivity contribution in [3.63, 3.8) is 0 Å². The molecule has 0 fully saturated rings. The molecular weight excluding hydrogens is 264 g/mol. The van der Waals surface area contributed by atoms with Crippen molar-refractivity contribution in [2.24, 2.45) is 0 Å². The van der Waals surface area contributed by atoms with E-state index < -0.39 is 0 Å². The molecule has 0 N–H and O–H groups in total. The molecule has 13 heavy (non-hydrogen) atoms. The SMILES string of the molecule is CSc1ccc2c(C)c(Br)sc2c1. The van der Waals surface area contributed by atoms with Gasteiger partial charge < -0.3 is 0 Å². The van der Waals surface area contributed by atoms with Gasteiger partial charge in [-0.05, 0) is 52.2 Å². The predicted octanol–water partition coefficient (Wildman–Crippen LogP) is 4.69. The highest BCUT2D eigenvalue weighted by molar-refractivity contribution is 9.11. The highest BCUT2D eigenvalue weighted by atomic mass is 79.9. The third-order valence-corrected chi connectivity index (χ3v) is 4.94. The minimum absolute atomic E-state index is 1.25. The lowest BCUT2D eigenvalue weighted by atomic mass is 10.2. The van der Waals surface area contributed by atoms with Crippen molar-refractivity contribution >= 4 is 49.1 Å². The Bertz CT molecular complexity index is 445. The topological polar surface area (TPSA) is 0 Å². The molecule has 0 nitrogen and oxygen atoms in total. The van der Waals surface area contributed by atoms with Gasteiger partial charge in [-0.3, -0.25) is 0 Å². The van der Waals surface area contributed by atoms with Crippen LogP contribution < -0.4 is 0 Å². The molecule has 1 aromatic heterocycles. The second-order valence-corrected chi connectivity index (χ2v) is 6.11. The molecule has 1 heterocycles. The van der Waals surface area contributed by atoms with Crippen LogP contribution in [0.25, 0.3) is 10.1 Å². The highest BCUT2D eigenvalue weighted by Crippen LogP contribution is 2.36. The van der Waals surface area contributed by atoms with Crippen LogP contribution >= 0.6 is 39.0 Å². The van der Waals surface area contributed by atoms with E-state index in [1.807, 2.05) is 11.3 Å². The van der Waals surface area contributed by atoms with E-state index in [0.29, 0.717) is 0 Å². The van der Waals surface area contributed by atoms with Crippen molar-refractivity contribution in [3.8, 4) is 0 Å². The number of hydrogen-bond donors (Lipinski definition) is 0. The van der Waals surface area contributed by atoms with Crippen molar-refractivity contribution in [1.29, 1.82) is 0 Å². The van der Waals surface area contributed by atoms with Gasteiger partial charge in [0.1, 0.15) is 0 Å². The van der Waals surface area contributed by atoms with Gasteiger partial charge in [-0.25, -0.2) is 0 Å². The summed E-state index contributed by atoms with van der Waals surface area (Å²) in [6.07, 6.45) is 2.11. The summed E-state index contributed by atoms with van der Waals surface area (Å²) in [5.74, 6) is 0. The third kappa shape index (κ3) is 1.65. The lowest BCUT2D eigenvalue weighted by Gasteiger charge is -1.95. The molecule has 0 saturated carbocycles. The molecule has 0 amide bonds.